The van der Waals surface area contributed by atoms with Crippen molar-refractivity contribution in [3.8, 4) is 17.0 Å². The topological polar surface area (TPSA) is 81.4 Å². The zero-order valence-corrected chi connectivity index (χ0v) is 16.3. The summed E-state index contributed by atoms with van der Waals surface area (Å²) < 4.78 is 6.86. The highest BCUT2D eigenvalue weighted by molar-refractivity contribution is 5.78. The SMILES string of the molecule is COc1cccc(CC(=O)NCc2nnc3ccc(-c4ccc(C)cc4)nn23)c1. The molecule has 2 aromatic heterocycles. The van der Waals surface area contributed by atoms with Gasteiger partial charge in [-0.2, -0.15) is 9.61 Å². The number of nitrogens with zero attached hydrogens (tertiary/aromatic N) is 4. The van der Waals surface area contributed by atoms with Gasteiger partial charge in [0.1, 0.15) is 5.75 Å². The number of aromatic nitrogens is 4. The highest BCUT2D eigenvalue weighted by Gasteiger charge is 2.11. The van der Waals surface area contributed by atoms with Crippen LogP contribution in [0, 0.1) is 6.92 Å². The molecule has 1 amide bonds. The van der Waals surface area contributed by atoms with Crippen LogP contribution < -0.4 is 10.1 Å². The van der Waals surface area contributed by atoms with Gasteiger partial charge in [-0.25, -0.2) is 0 Å². The number of carbonyl (C=O) groups excluding carboxylic acids is 1. The molecule has 4 rings (SSSR count). The lowest BCUT2D eigenvalue weighted by molar-refractivity contribution is -0.120. The lowest BCUT2D eigenvalue weighted by Crippen LogP contribution is -2.25. The van der Waals surface area contributed by atoms with Gasteiger partial charge in [-0.05, 0) is 36.8 Å². The quantitative estimate of drug-likeness (QED) is 0.550. The van der Waals surface area contributed by atoms with E-state index in [2.05, 4.69) is 20.6 Å². The number of hydrogen-bond acceptors (Lipinski definition) is 5. The molecule has 1 N–H and O–H groups in total. The van der Waals surface area contributed by atoms with E-state index in [1.54, 1.807) is 11.6 Å². The third-order valence-corrected chi connectivity index (χ3v) is 4.62. The fraction of sp³-hybridized carbons (Fsp3) is 0.182. The lowest BCUT2D eigenvalue weighted by atomic mass is 10.1. The van der Waals surface area contributed by atoms with Crippen LogP contribution in [-0.2, 0) is 17.8 Å². The van der Waals surface area contributed by atoms with Gasteiger partial charge in [0, 0.05) is 5.56 Å². The number of ether oxygens (including phenoxy) is 1. The van der Waals surface area contributed by atoms with Crippen molar-refractivity contribution < 1.29 is 9.53 Å². The maximum atomic E-state index is 12.3. The molecule has 29 heavy (non-hydrogen) atoms. The molecule has 0 atom stereocenters. The number of fused-ring (bicyclic) bond motifs is 1. The van der Waals surface area contributed by atoms with E-state index in [1.165, 1.54) is 5.56 Å². The molecule has 0 saturated heterocycles. The zero-order valence-electron chi connectivity index (χ0n) is 16.3. The average Bonchev–Trinajstić information content (AvgIpc) is 3.15. The molecule has 0 aliphatic heterocycles. The van der Waals surface area contributed by atoms with E-state index in [9.17, 15) is 4.79 Å². The summed E-state index contributed by atoms with van der Waals surface area (Å²) in [5.74, 6) is 1.20. The molecule has 0 spiro atoms. The van der Waals surface area contributed by atoms with Crippen molar-refractivity contribution in [2.75, 3.05) is 7.11 Å². The number of benzene rings is 2. The molecule has 4 aromatic rings. The zero-order chi connectivity index (χ0) is 20.2. The summed E-state index contributed by atoms with van der Waals surface area (Å²) in [5.41, 5.74) is 4.55. The minimum absolute atomic E-state index is 0.107. The van der Waals surface area contributed by atoms with E-state index in [-0.39, 0.29) is 18.9 Å². The molecule has 0 aliphatic rings. The number of methoxy groups -OCH3 is 1. The monoisotopic (exact) mass is 387 g/mol. The van der Waals surface area contributed by atoms with Gasteiger partial charge >= 0.3 is 0 Å². The van der Waals surface area contributed by atoms with Gasteiger partial charge in [-0.1, -0.05) is 42.0 Å². The van der Waals surface area contributed by atoms with Crippen LogP contribution >= 0.6 is 0 Å². The van der Waals surface area contributed by atoms with Crippen LogP contribution in [0.2, 0.25) is 0 Å². The van der Waals surface area contributed by atoms with Crippen LogP contribution in [0.3, 0.4) is 0 Å². The first-order valence-electron chi connectivity index (χ1n) is 9.30. The number of rotatable bonds is 6. The predicted molar refractivity (Wildman–Crippen MR) is 109 cm³/mol. The Balaban J connectivity index is 1.48. The molecule has 2 heterocycles. The Hall–Kier alpha value is -3.74. The normalized spacial score (nSPS) is 10.8. The fourth-order valence-electron chi connectivity index (χ4n) is 3.03. The summed E-state index contributed by atoms with van der Waals surface area (Å²) >= 11 is 0. The average molecular weight is 387 g/mol. The highest BCUT2D eigenvalue weighted by atomic mass is 16.5. The van der Waals surface area contributed by atoms with E-state index < -0.39 is 0 Å². The van der Waals surface area contributed by atoms with E-state index >= 15 is 0 Å². The summed E-state index contributed by atoms with van der Waals surface area (Å²) in [5, 5.41) is 15.8. The molecule has 0 aliphatic carbocycles. The minimum atomic E-state index is -0.107. The third kappa shape index (κ3) is 4.24. The van der Waals surface area contributed by atoms with Crippen molar-refractivity contribution in [1.29, 1.82) is 0 Å². The van der Waals surface area contributed by atoms with Crippen molar-refractivity contribution >= 4 is 11.6 Å². The largest absolute Gasteiger partial charge is 0.497 e. The number of amides is 1. The van der Waals surface area contributed by atoms with Gasteiger partial charge in [-0.3, -0.25) is 4.79 Å². The summed E-state index contributed by atoms with van der Waals surface area (Å²) in [7, 11) is 1.60. The fourth-order valence-corrected chi connectivity index (χ4v) is 3.03. The standard InChI is InChI=1S/C22H21N5O2/c1-15-6-8-17(9-7-15)19-10-11-20-24-25-21(27(20)26-19)14-23-22(28)13-16-4-3-5-18(12-16)29-2/h3-12H,13-14H2,1-2H3,(H,23,28). The van der Waals surface area contributed by atoms with Gasteiger partial charge in [0.2, 0.25) is 5.91 Å². The van der Waals surface area contributed by atoms with Crippen LogP contribution in [0.25, 0.3) is 16.9 Å². The van der Waals surface area contributed by atoms with E-state index in [1.807, 2.05) is 67.6 Å². The van der Waals surface area contributed by atoms with Crippen molar-refractivity contribution in [3.05, 3.63) is 77.6 Å². The Morgan fingerprint density at radius 1 is 1.07 bits per heavy atom. The van der Waals surface area contributed by atoms with Gasteiger partial charge in [-0.15, -0.1) is 10.2 Å². The Bertz CT molecular complexity index is 1150. The second-order valence-electron chi connectivity index (χ2n) is 6.78. The van der Waals surface area contributed by atoms with E-state index in [0.717, 1.165) is 22.6 Å². The summed E-state index contributed by atoms with van der Waals surface area (Å²) in [6, 6.07) is 19.4. The first-order chi connectivity index (χ1) is 14.1. The molecule has 0 unspecified atom stereocenters. The first-order valence-corrected chi connectivity index (χ1v) is 9.30. The molecule has 0 fully saturated rings. The number of carbonyl (C=O) groups is 1. The van der Waals surface area contributed by atoms with Crippen molar-refractivity contribution in [1.82, 2.24) is 25.1 Å². The van der Waals surface area contributed by atoms with Crippen LogP contribution in [-0.4, -0.2) is 32.8 Å². The van der Waals surface area contributed by atoms with Crippen LogP contribution in [0.15, 0.2) is 60.7 Å². The molecule has 0 saturated carbocycles. The molecule has 7 heteroatoms. The Morgan fingerprint density at radius 2 is 1.90 bits per heavy atom. The summed E-state index contributed by atoms with van der Waals surface area (Å²) in [6.07, 6.45) is 0.260. The third-order valence-electron chi connectivity index (χ3n) is 4.62. The summed E-state index contributed by atoms with van der Waals surface area (Å²) in [4.78, 5) is 12.3. The Morgan fingerprint density at radius 3 is 2.69 bits per heavy atom. The van der Waals surface area contributed by atoms with Crippen molar-refractivity contribution in [2.45, 2.75) is 19.9 Å². The van der Waals surface area contributed by atoms with Crippen molar-refractivity contribution in [3.63, 3.8) is 0 Å². The van der Waals surface area contributed by atoms with Gasteiger partial charge in [0.15, 0.2) is 11.5 Å². The Kier molecular flexibility index (Phi) is 5.20. The van der Waals surface area contributed by atoms with Gasteiger partial charge in [0.05, 0.1) is 25.8 Å². The first kappa shape index (κ1) is 18.6. The van der Waals surface area contributed by atoms with E-state index in [4.69, 9.17) is 4.74 Å². The molecule has 7 nitrogen and oxygen atoms in total. The minimum Gasteiger partial charge on any atom is -0.497 e. The van der Waals surface area contributed by atoms with E-state index in [0.29, 0.717) is 11.5 Å². The second kappa shape index (κ2) is 8.10. The molecule has 2 aromatic carbocycles. The second-order valence-corrected chi connectivity index (χ2v) is 6.78. The van der Waals surface area contributed by atoms with Crippen molar-refractivity contribution in [2.24, 2.45) is 0 Å². The molecule has 146 valence electrons. The van der Waals surface area contributed by atoms with Crippen LogP contribution in [0.4, 0.5) is 0 Å². The number of aryl methyl sites for hydroxylation is 1. The molecular weight excluding hydrogens is 366 g/mol. The van der Waals surface area contributed by atoms with Crippen LogP contribution in [0.5, 0.6) is 5.75 Å². The van der Waals surface area contributed by atoms with Crippen LogP contribution in [0.1, 0.15) is 17.0 Å². The number of nitrogens with one attached hydrogen (secondary N) is 1. The summed E-state index contributed by atoms with van der Waals surface area (Å²) in [6.45, 7) is 2.29. The molecule has 0 bridgehead atoms. The van der Waals surface area contributed by atoms with Gasteiger partial charge in [0.25, 0.3) is 0 Å². The lowest BCUT2D eigenvalue weighted by Gasteiger charge is -2.06. The Labute approximate surface area is 168 Å². The predicted octanol–water partition coefficient (Wildman–Crippen LogP) is 2.97. The maximum Gasteiger partial charge on any atom is 0.224 e. The number of hydrogen-bond donors (Lipinski definition) is 1. The highest BCUT2D eigenvalue weighted by Crippen LogP contribution is 2.18. The maximum absolute atomic E-state index is 12.3. The smallest absolute Gasteiger partial charge is 0.224 e. The molecular formula is C22H21N5O2. The molecule has 0 radical (unpaired) electrons. The van der Waals surface area contributed by atoms with Gasteiger partial charge < -0.3 is 10.1 Å².